The van der Waals surface area contributed by atoms with Gasteiger partial charge in [0.25, 0.3) is 0 Å². The van der Waals surface area contributed by atoms with E-state index in [1.54, 1.807) is 11.1 Å². The Balaban J connectivity index is 1.64. The van der Waals surface area contributed by atoms with Gasteiger partial charge in [-0.15, -0.1) is 0 Å². The van der Waals surface area contributed by atoms with E-state index in [1.165, 1.54) is 50.5 Å². The van der Waals surface area contributed by atoms with E-state index in [1.807, 2.05) is 0 Å². The first-order valence-corrected chi connectivity index (χ1v) is 8.63. The minimum atomic E-state index is 0.405. The van der Waals surface area contributed by atoms with Crippen LogP contribution in [0.25, 0.3) is 0 Å². The van der Waals surface area contributed by atoms with E-state index in [2.05, 4.69) is 49.4 Å². The molecule has 0 bridgehead atoms. The molecule has 2 aliphatic carbocycles. The minimum absolute atomic E-state index is 0.405. The summed E-state index contributed by atoms with van der Waals surface area (Å²) in [5, 5.41) is 3.79. The average Bonchev–Trinajstić information content (AvgIpc) is 2.45. The van der Waals surface area contributed by atoms with Gasteiger partial charge in [-0.1, -0.05) is 18.2 Å². The summed E-state index contributed by atoms with van der Waals surface area (Å²) in [5.74, 6) is 0. The van der Waals surface area contributed by atoms with Crippen LogP contribution < -0.4 is 5.32 Å². The van der Waals surface area contributed by atoms with Gasteiger partial charge in [0.15, 0.2) is 0 Å². The van der Waals surface area contributed by atoms with E-state index in [-0.39, 0.29) is 0 Å². The predicted octanol–water partition coefficient (Wildman–Crippen LogP) is 3.70. The molecular weight excluding hydrogens is 256 g/mol. The van der Waals surface area contributed by atoms with Crippen LogP contribution in [0.5, 0.6) is 0 Å². The maximum atomic E-state index is 3.79. The second-order valence-corrected chi connectivity index (χ2v) is 7.31. The van der Waals surface area contributed by atoms with Gasteiger partial charge >= 0.3 is 0 Å². The fourth-order valence-corrected chi connectivity index (χ4v) is 3.85. The van der Waals surface area contributed by atoms with Gasteiger partial charge < -0.3 is 10.2 Å². The third-order valence-electron chi connectivity index (χ3n) is 5.84. The lowest BCUT2D eigenvalue weighted by Gasteiger charge is -2.48. The van der Waals surface area contributed by atoms with Crippen molar-refractivity contribution in [3.63, 3.8) is 0 Å². The molecule has 1 saturated carbocycles. The summed E-state index contributed by atoms with van der Waals surface area (Å²) in [6.45, 7) is 3.42. The third-order valence-corrected chi connectivity index (χ3v) is 5.84. The highest BCUT2D eigenvalue weighted by Gasteiger charge is 2.38. The number of benzene rings is 1. The number of likely N-dealkylation sites (N-methyl/N-ethyl adjacent to an activating group) is 1. The van der Waals surface area contributed by atoms with Crippen LogP contribution in [0.4, 0.5) is 0 Å². The lowest BCUT2D eigenvalue weighted by molar-refractivity contribution is 0.0576. The molecule has 21 heavy (non-hydrogen) atoms. The zero-order valence-corrected chi connectivity index (χ0v) is 13.9. The maximum absolute atomic E-state index is 3.79. The Kier molecular flexibility index (Phi) is 4.37. The quantitative estimate of drug-likeness (QED) is 0.888. The fraction of sp³-hybridized carbons (Fsp3) is 0.684. The molecule has 1 aromatic carbocycles. The largest absolute Gasteiger partial charge is 0.308 e. The van der Waals surface area contributed by atoms with E-state index < -0.39 is 0 Å². The average molecular weight is 286 g/mol. The number of fused-ring (bicyclic) bond motifs is 1. The Morgan fingerprint density at radius 3 is 2.43 bits per heavy atom. The molecular formula is C19H30N2. The van der Waals surface area contributed by atoms with Gasteiger partial charge in [-0.3, -0.25) is 0 Å². The Hall–Kier alpha value is -0.860. The molecule has 116 valence electrons. The van der Waals surface area contributed by atoms with Crippen LogP contribution in [0.2, 0.25) is 0 Å². The highest BCUT2D eigenvalue weighted by Crippen LogP contribution is 2.36. The van der Waals surface area contributed by atoms with Gasteiger partial charge in [0.2, 0.25) is 0 Å². The number of nitrogens with one attached hydrogen (secondary N) is 1. The van der Waals surface area contributed by atoms with Crippen molar-refractivity contribution < 1.29 is 0 Å². The molecule has 1 N–H and O–H groups in total. The highest BCUT2D eigenvalue weighted by molar-refractivity contribution is 5.35. The molecule has 0 radical (unpaired) electrons. The smallest absolute Gasteiger partial charge is 0.0328 e. The number of nitrogens with zero attached hydrogens (tertiary/aromatic N) is 1. The summed E-state index contributed by atoms with van der Waals surface area (Å²) in [5.41, 5.74) is 5.05. The van der Waals surface area contributed by atoms with Crippen LogP contribution in [0, 0.1) is 0 Å². The predicted molar refractivity (Wildman–Crippen MR) is 89.8 cm³/mol. The highest BCUT2D eigenvalue weighted by atomic mass is 15.2. The zero-order chi connectivity index (χ0) is 14.9. The minimum Gasteiger partial charge on any atom is -0.308 e. The summed E-state index contributed by atoms with van der Waals surface area (Å²) in [6, 6.07) is 7.61. The first-order valence-electron chi connectivity index (χ1n) is 8.63. The van der Waals surface area contributed by atoms with Crippen molar-refractivity contribution in [1.82, 2.24) is 10.2 Å². The molecule has 2 heteroatoms. The number of hydrogen-bond donors (Lipinski definition) is 1. The Bertz CT molecular complexity index is 488. The molecule has 0 amide bonds. The van der Waals surface area contributed by atoms with Gasteiger partial charge in [0.05, 0.1) is 0 Å². The summed E-state index contributed by atoms with van der Waals surface area (Å²) >= 11 is 0. The van der Waals surface area contributed by atoms with Crippen molar-refractivity contribution >= 4 is 0 Å². The summed E-state index contributed by atoms with van der Waals surface area (Å²) in [7, 11) is 4.45. The van der Waals surface area contributed by atoms with Crippen LogP contribution in [0.3, 0.4) is 0 Å². The van der Waals surface area contributed by atoms with Crippen LogP contribution >= 0.6 is 0 Å². The second kappa shape index (κ2) is 6.10. The first kappa shape index (κ1) is 15.1. The SMILES string of the molecule is CC(NCC1(N(C)C)CCC1)c1ccc2c(c1)CCCC2. The van der Waals surface area contributed by atoms with Gasteiger partial charge in [-0.25, -0.2) is 0 Å². The molecule has 0 heterocycles. The Morgan fingerprint density at radius 1 is 1.10 bits per heavy atom. The molecule has 0 aliphatic heterocycles. The van der Waals surface area contributed by atoms with E-state index in [4.69, 9.17) is 0 Å². The van der Waals surface area contributed by atoms with E-state index in [0.717, 1.165) is 6.54 Å². The van der Waals surface area contributed by atoms with E-state index in [0.29, 0.717) is 11.6 Å². The van der Waals surface area contributed by atoms with Crippen LogP contribution in [-0.2, 0) is 12.8 Å². The first-order chi connectivity index (χ1) is 10.1. The van der Waals surface area contributed by atoms with Crippen molar-refractivity contribution in [1.29, 1.82) is 0 Å². The van der Waals surface area contributed by atoms with Crippen LogP contribution in [0.15, 0.2) is 18.2 Å². The van der Waals surface area contributed by atoms with Crippen molar-refractivity contribution in [2.75, 3.05) is 20.6 Å². The Morgan fingerprint density at radius 2 is 1.81 bits per heavy atom. The molecule has 1 fully saturated rings. The zero-order valence-electron chi connectivity index (χ0n) is 13.9. The summed E-state index contributed by atoms with van der Waals surface area (Å²) in [6.07, 6.45) is 9.34. The van der Waals surface area contributed by atoms with Crippen LogP contribution in [0.1, 0.15) is 61.8 Å². The lowest BCUT2D eigenvalue weighted by atomic mass is 9.75. The summed E-state index contributed by atoms with van der Waals surface area (Å²) < 4.78 is 0. The van der Waals surface area contributed by atoms with Crippen molar-refractivity contribution in [3.05, 3.63) is 34.9 Å². The van der Waals surface area contributed by atoms with E-state index >= 15 is 0 Å². The Labute approximate surface area is 129 Å². The third kappa shape index (κ3) is 3.02. The fourth-order valence-electron chi connectivity index (χ4n) is 3.85. The summed E-state index contributed by atoms with van der Waals surface area (Å²) in [4.78, 5) is 2.42. The number of aryl methyl sites for hydroxylation is 2. The standard InChI is InChI=1S/C19H30N2/c1-15(20-14-19(21(2)3)11-6-12-19)17-10-9-16-7-4-5-8-18(16)13-17/h9-10,13,15,20H,4-8,11-12,14H2,1-3H3. The molecule has 0 aromatic heterocycles. The van der Waals surface area contributed by atoms with E-state index in [9.17, 15) is 0 Å². The molecule has 1 atom stereocenters. The van der Waals surface area contributed by atoms with Crippen molar-refractivity contribution in [2.24, 2.45) is 0 Å². The molecule has 0 saturated heterocycles. The lowest BCUT2D eigenvalue weighted by Crippen LogP contribution is -2.56. The molecule has 1 aromatic rings. The molecule has 2 nitrogen and oxygen atoms in total. The van der Waals surface area contributed by atoms with Gasteiger partial charge in [-0.05, 0) is 82.7 Å². The molecule has 3 rings (SSSR count). The number of hydrogen-bond acceptors (Lipinski definition) is 2. The van der Waals surface area contributed by atoms with Gasteiger partial charge in [0.1, 0.15) is 0 Å². The molecule has 0 spiro atoms. The van der Waals surface area contributed by atoms with Gasteiger partial charge in [0, 0.05) is 18.1 Å². The monoisotopic (exact) mass is 286 g/mol. The normalized spacial score (nSPS) is 21.7. The van der Waals surface area contributed by atoms with Gasteiger partial charge in [-0.2, -0.15) is 0 Å². The topological polar surface area (TPSA) is 15.3 Å². The number of rotatable bonds is 5. The van der Waals surface area contributed by atoms with Crippen molar-refractivity contribution in [2.45, 2.75) is 63.5 Å². The molecule has 1 unspecified atom stereocenters. The maximum Gasteiger partial charge on any atom is 0.0328 e. The van der Waals surface area contributed by atoms with Crippen LogP contribution in [-0.4, -0.2) is 31.1 Å². The second-order valence-electron chi connectivity index (χ2n) is 7.31. The van der Waals surface area contributed by atoms with Crippen molar-refractivity contribution in [3.8, 4) is 0 Å². The molecule has 2 aliphatic rings.